The minimum Gasteiger partial charge on any atom is -0.267 e. The third-order valence-corrected chi connectivity index (χ3v) is 6.82. The summed E-state index contributed by atoms with van der Waals surface area (Å²) >= 11 is 0. The molecule has 1 N–H and O–H groups in total. The van der Waals surface area contributed by atoms with Gasteiger partial charge in [0.1, 0.15) is 0 Å². The quantitative estimate of drug-likeness (QED) is 0.810. The van der Waals surface area contributed by atoms with E-state index in [2.05, 4.69) is 9.82 Å². The summed E-state index contributed by atoms with van der Waals surface area (Å²) in [5.41, 5.74) is 2.48. The second-order valence-electron chi connectivity index (χ2n) is 7.30. The summed E-state index contributed by atoms with van der Waals surface area (Å²) in [5.74, 6) is 0. The van der Waals surface area contributed by atoms with Crippen LogP contribution in [0.3, 0.4) is 0 Å². The number of aromatic nitrogens is 2. The molecular weight excluding hydrogens is 391 g/mol. The molecule has 1 aliphatic rings. The third kappa shape index (κ3) is 4.10. The molecule has 0 amide bonds. The largest absolute Gasteiger partial charge is 0.435 e. The zero-order valence-electron chi connectivity index (χ0n) is 16.2. The molecule has 1 heterocycles. The lowest BCUT2D eigenvalue weighted by atomic mass is 9.95. The van der Waals surface area contributed by atoms with Crippen molar-refractivity contribution in [2.75, 3.05) is 6.54 Å². The molecule has 0 spiro atoms. The fourth-order valence-corrected chi connectivity index (χ4v) is 5.00. The lowest BCUT2D eigenvalue weighted by molar-refractivity contribution is -0.142. The molecule has 1 aromatic heterocycles. The van der Waals surface area contributed by atoms with Gasteiger partial charge in [0, 0.05) is 17.8 Å². The molecule has 3 rings (SSSR count). The minimum absolute atomic E-state index is 0.0277. The highest BCUT2D eigenvalue weighted by Crippen LogP contribution is 2.35. The number of hydrogen-bond donors (Lipinski definition) is 1. The van der Waals surface area contributed by atoms with Crippen LogP contribution in [-0.2, 0) is 35.6 Å². The fourth-order valence-electron chi connectivity index (χ4n) is 3.67. The van der Waals surface area contributed by atoms with E-state index in [0.29, 0.717) is 30.5 Å². The second kappa shape index (κ2) is 7.51. The van der Waals surface area contributed by atoms with Gasteiger partial charge < -0.3 is 0 Å². The first-order valence-corrected chi connectivity index (χ1v) is 10.7. The van der Waals surface area contributed by atoms with E-state index in [4.69, 9.17) is 0 Å². The fraction of sp³-hybridized carbons (Fsp3) is 0.526. The number of sulfonamides is 1. The molecular formula is C19H24F3N3O2S. The summed E-state index contributed by atoms with van der Waals surface area (Å²) < 4.78 is 68.8. The number of hydrogen-bond acceptors (Lipinski definition) is 3. The predicted molar refractivity (Wildman–Crippen MR) is 99.7 cm³/mol. The van der Waals surface area contributed by atoms with Crippen LogP contribution < -0.4 is 4.72 Å². The van der Waals surface area contributed by atoms with Crippen LogP contribution in [0.25, 0.3) is 0 Å². The van der Waals surface area contributed by atoms with Crippen molar-refractivity contribution >= 4 is 10.0 Å². The molecule has 0 saturated heterocycles. The lowest BCUT2D eigenvalue weighted by Gasteiger charge is -2.15. The highest BCUT2D eigenvalue weighted by Gasteiger charge is 2.39. The van der Waals surface area contributed by atoms with E-state index in [1.54, 1.807) is 13.0 Å². The molecule has 0 unspecified atom stereocenters. The van der Waals surface area contributed by atoms with Gasteiger partial charge in [-0.3, -0.25) is 4.68 Å². The molecule has 1 aliphatic carbocycles. The van der Waals surface area contributed by atoms with Crippen LogP contribution in [0.2, 0.25) is 0 Å². The van der Waals surface area contributed by atoms with Crippen LogP contribution in [0, 0.1) is 20.8 Å². The van der Waals surface area contributed by atoms with E-state index in [1.807, 2.05) is 19.9 Å². The molecule has 0 bridgehead atoms. The van der Waals surface area contributed by atoms with Crippen LogP contribution in [0.4, 0.5) is 13.2 Å². The maximum absolute atomic E-state index is 13.2. The van der Waals surface area contributed by atoms with Crippen molar-refractivity contribution in [3.63, 3.8) is 0 Å². The number of rotatable bonds is 5. The Hall–Kier alpha value is -1.87. The molecule has 154 valence electrons. The Morgan fingerprint density at radius 1 is 1.07 bits per heavy atom. The number of benzene rings is 1. The molecule has 0 atom stereocenters. The molecule has 5 nitrogen and oxygen atoms in total. The Labute approximate surface area is 163 Å². The first-order chi connectivity index (χ1) is 13.0. The monoisotopic (exact) mass is 415 g/mol. The second-order valence-corrected chi connectivity index (χ2v) is 9.04. The first kappa shape index (κ1) is 20.9. The molecule has 28 heavy (non-hydrogen) atoms. The van der Waals surface area contributed by atoms with Crippen LogP contribution in [0.1, 0.15) is 46.5 Å². The van der Waals surface area contributed by atoms with Gasteiger partial charge in [-0.05, 0) is 69.2 Å². The molecule has 0 fully saturated rings. The average Bonchev–Trinajstić information content (AvgIpc) is 2.97. The summed E-state index contributed by atoms with van der Waals surface area (Å²) in [4.78, 5) is 0.189. The van der Waals surface area contributed by atoms with Gasteiger partial charge in [-0.1, -0.05) is 6.07 Å². The van der Waals surface area contributed by atoms with Crippen LogP contribution in [0.5, 0.6) is 0 Å². The molecule has 0 radical (unpaired) electrons. The predicted octanol–water partition coefficient (Wildman–Crippen LogP) is 3.68. The standard InChI is InChI=1S/C19H24F3N3O2S/c1-12-10-14(3)17(11-13(12)2)28(26,27)23-8-9-25-16-7-5-4-6-15(16)18(24-25)19(20,21)22/h10-11,23H,4-9H2,1-3H3. The smallest absolute Gasteiger partial charge is 0.267 e. The number of aryl methyl sites for hydroxylation is 3. The van der Waals surface area contributed by atoms with Crippen LogP contribution in [-0.4, -0.2) is 24.7 Å². The third-order valence-electron chi connectivity index (χ3n) is 5.22. The SMILES string of the molecule is Cc1cc(C)c(S(=O)(=O)NCCn2nc(C(F)(F)F)c3c2CCCC3)cc1C. The van der Waals surface area contributed by atoms with Crippen molar-refractivity contribution in [2.45, 2.75) is 64.1 Å². The van der Waals surface area contributed by atoms with Crippen LogP contribution in [0.15, 0.2) is 17.0 Å². The van der Waals surface area contributed by atoms with Gasteiger partial charge in [-0.15, -0.1) is 0 Å². The van der Waals surface area contributed by atoms with Gasteiger partial charge in [0.2, 0.25) is 10.0 Å². The van der Waals surface area contributed by atoms with E-state index >= 15 is 0 Å². The van der Waals surface area contributed by atoms with Crippen molar-refractivity contribution < 1.29 is 21.6 Å². The van der Waals surface area contributed by atoms with Crippen molar-refractivity contribution in [2.24, 2.45) is 0 Å². The Morgan fingerprint density at radius 3 is 2.39 bits per heavy atom. The van der Waals surface area contributed by atoms with Crippen LogP contribution >= 0.6 is 0 Å². The Kier molecular flexibility index (Phi) is 5.60. The van der Waals surface area contributed by atoms with Gasteiger partial charge in [0.05, 0.1) is 11.4 Å². The molecule has 1 aromatic carbocycles. The van der Waals surface area contributed by atoms with Gasteiger partial charge >= 0.3 is 6.18 Å². The van der Waals surface area contributed by atoms with E-state index < -0.39 is 21.9 Å². The topological polar surface area (TPSA) is 64.0 Å². The summed E-state index contributed by atoms with van der Waals surface area (Å²) in [6.07, 6.45) is -2.09. The normalized spacial score (nSPS) is 14.9. The van der Waals surface area contributed by atoms with Gasteiger partial charge in [-0.2, -0.15) is 18.3 Å². The van der Waals surface area contributed by atoms with E-state index in [1.165, 1.54) is 4.68 Å². The number of halogens is 3. The summed E-state index contributed by atoms with van der Waals surface area (Å²) in [7, 11) is -3.76. The lowest BCUT2D eigenvalue weighted by Crippen LogP contribution is -2.29. The number of alkyl halides is 3. The summed E-state index contributed by atoms with van der Waals surface area (Å²) in [6.45, 7) is 5.50. The molecule has 0 aliphatic heterocycles. The first-order valence-electron chi connectivity index (χ1n) is 9.24. The Bertz CT molecular complexity index is 995. The minimum atomic E-state index is -4.50. The van der Waals surface area contributed by atoms with E-state index in [0.717, 1.165) is 17.5 Å². The number of nitrogens with zero attached hydrogens (tertiary/aromatic N) is 2. The summed E-state index contributed by atoms with van der Waals surface area (Å²) in [6, 6.07) is 3.42. The van der Waals surface area contributed by atoms with Gasteiger partial charge in [-0.25, -0.2) is 13.1 Å². The van der Waals surface area contributed by atoms with Gasteiger partial charge in [0.25, 0.3) is 0 Å². The maximum Gasteiger partial charge on any atom is 0.435 e. The van der Waals surface area contributed by atoms with Crippen molar-refractivity contribution in [1.29, 1.82) is 0 Å². The maximum atomic E-state index is 13.2. The molecule has 0 saturated carbocycles. The zero-order chi connectivity index (χ0) is 20.7. The highest BCUT2D eigenvalue weighted by molar-refractivity contribution is 7.89. The van der Waals surface area contributed by atoms with Crippen molar-refractivity contribution in [3.8, 4) is 0 Å². The highest BCUT2D eigenvalue weighted by atomic mass is 32.2. The van der Waals surface area contributed by atoms with Crippen molar-refractivity contribution in [3.05, 3.63) is 45.8 Å². The van der Waals surface area contributed by atoms with E-state index in [-0.39, 0.29) is 23.5 Å². The Morgan fingerprint density at radius 2 is 1.71 bits per heavy atom. The van der Waals surface area contributed by atoms with Gasteiger partial charge in [0.15, 0.2) is 5.69 Å². The Balaban J connectivity index is 1.78. The zero-order valence-corrected chi connectivity index (χ0v) is 17.0. The van der Waals surface area contributed by atoms with E-state index in [9.17, 15) is 21.6 Å². The number of fused-ring (bicyclic) bond motifs is 1. The molecule has 2 aromatic rings. The summed E-state index contributed by atoms with van der Waals surface area (Å²) in [5, 5.41) is 3.76. The van der Waals surface area contributed by atoms with Crippen molar-refractivity contribution in [1.82, 2.24) is 14.5 Å². The molecule has 9 heteroatoms. The number of nitrogens with one attached hydrogen (secondary N) is 1. The average molecular weight is 415 g/mol.